The Morgan fingerprint density at radius 2 is 1.11 bits per heavy atom. The van der Waals surface area contributed by atoms with E-state index in [1.54, 1.807) is 36.4 Å². The molecule has 5 aromatic carbocycles. The van der Waals surface area contributed by atoms with Gasteiger partial charge in [-0.15, -0.1) is 0 Å². The second kappa shape index (κ2) is 9.57. The van der Waals surface area contributed by atoms with Gasteiger partial charge in [-0.25, -0.2) is 8.78 Å². The molecule has 0 saturated heterocycles. The summed E-state index contributed by atoms with van der Waals surface area (Å²) in [7, 11) is -5.81. The number of fused-ring (bicyclic) bond motifs is 1. The van der Waals surface area contributed by atoms with Crippen LogP contribution in [0.3, 0.4) is 0 Å². The normalized spacial score (nSPS) is 12.0. The molecule has 0 bridgehead atoms. The predicted molar refractivity (Wildman–Crippen MR) is 136 cm³/mol. The van der Waals surface area contributed by atoms with Crippen LogP contribution in [0.4, 0.5) is 22.0 Å². The molecular formula is C29H17F5O3S. The van der Waals surface area contributed by atoms with Crippen LogP contribution in [-0.2, 0) is 10.1 Å². The molecule has 0 spiro atoms. The average Bonchev–Trinajstić information content (AvgIpc) is 2.88. The van der Waals surface area contributed by atoms with Crippen LogP contribution in [0.15, 0.2) is 103 Å². The van der Waals surface area contributed by atoms with E-state index in [1.165, 1.54) is 36.4 Å². The molecule has 38 heavy (non-hydrogen) atoms. The summed E-state index contributed by atoms with van der Waals surface area (Å²) in [5, 5.41) is 1.08. The highest BCUT2D eigenvalue weighted by molar-refractivity contribution is 7.88. The Hall–Kier alpha value is -4.24. The van der Waals surface area contributed by atoms with Crippen molar-refractivity contribution in [1.29, 1.82) is 0 Å². The van der Waals surface area contributed by atoms with E-state index in [2.05, 4.69) is 4.18 Å². The van der Waals surface area contributed by atoms with Gasteiger partial charge < -0.3 is 4.18 Å². The maximum Gasteiger partial charge on any atom is 0.534 e. The fraction of sp³-hybridized carbons (Fsp3) is 0.0345. The van der Waals surface area contributed by atoms with Crippen LogP contribution in [0.5, 0.6) is 5.75 Å². The third-order valence-corrected chi connectivity index (χ3v) is 6.92. The first-order valence-electron chi connectivity index (χ1n) is 11.2. The smallest absolute Gasteiger partial charge is 0.376 e. The van der Waals surface area contributed by atoms with Crippen LogP contribution >= 0.6 is 0 Å². The van der Waals surface area contributed by atoms with Crippen molar-refractivity contribution in [3.05, 3.63) is 115 Å². The molecule has 0 aliphatic rings. The molecular weight excluding hydrogens is 523 g/mol. The van der Waals surface area contributed by atoms with Crippen LogP contribution in [0.2, 0.25) is 0 Å². The molecule has 5 aromatic rings. The van der Waals surface area contributed by atoms with Crippen LogP contribution in [0, 0.1) is 11.6 Å². The first kappa shape index (κ1) is 25.4. The van der Waals surface area contributed by atoms with Gasteiger partial charge in [-0.05, 0) is 98.8 Å². The Morgan fingerprint density at radius 3 is 1.63 bits per heavy atom. The van der Waals surface area contributed by atoms with Crippen molar-refractivity contribution < 1.29 is 34.6 Å². The lowest BCUT2D eigenvalue weighted by molar-refractivity contribution is -0.0500. The van der Waals surface area contributed by atoms with E-state index in [-0.39, 0.29) is 11.6 Å². The van der Waals surface area contributed by atoms with Gasteiger partial charge in [0.1, 0.15) is 17.4 Å². The molecule has 0 aliphatic heterocycles. The second-order valence-corrected chi connectivity index (χ2v) is 10.0. The Bertz CT molecular complexity index is 1680. The fourth-order valence-corrected chi connectivity index (χ4v) is 4.59. The van der Waals surface area contributed by atoms with Crippen molar-refractivity contribution in [2.75, 3.05) is 0 Å². The molecule has 0 N–H and O–H groups in total. The largest absolute Gasteiger partial charge is 0.534 e. The summed E-state index contributed by atoms with van der Waals surface area (Å²) in [6, 6.07) is 26.5. The number of hydrogen-bond acceptors (Lipinski definition) is 3. The van der Waals surface area contributed by atoms with Gasteiger partial charge in [-0.3, -0.25) is 0 Å². The molecule has 9 heteroatoms. The van der Waals surface area contributed by atoms with E-state index >= 15 is 0 Å². The van der Waals surface area contributed by atoms with Gasteiger partial charge in [0.15, 0.2) is 0 Å². The number of benzene rings is 5. The molecule has 0 amide bonds. The second-order valence-electron chi connectivity index (χ2n) is 8.48. The van der Waals surface area contributed by atoms with E-state index in [9.17, 15) is 30.4 Å². The van der Waals surface area contributed by atoms with Gasteiger partial charge in [0.25, 0.3) is 0 Å². The summed E-state index contributed by atoms with van der Waals surface area (Å²) in [6.45, 7) is 0. The van der Waals surface area contributed by atoms with E-state index in [0.717, 1.165) is 33.9 Å². The maximum atomic E-state index is 13.6. The minimum Gasteiger partial charge on any atom is -0.376 e. The molecule has 0 aliphatic carbocycles. The summed E-state index contributed by atoms with van der Waals surface area (Å²) in [5.74, 6) is -1.24. The minimum atomic E-state index is -5.81. The first-order chi connectivity index (χ1) is 18.0. The Morgan fingerprint density at radius 1 is 0.579 bits per heavy atom. The highest BCUT2D eigenvalue weighted by Crippen LogP contribution is 2.37. The maximum absolute atomic E-state index is 13.6. The number of rotatable bonds is 5. The van der Waals surface area contributed by atoms with E-state index in [4.69, 9.17) is 0 Å². The molecule has 0 unspecified atom stereocenters. The quantitative estimate of drug-likeness (QED) is 0.128. The third-order valence-electron chi connectivity index (χ3n) is 5.94. The average molecular weight is 541 g/mol. The fourth-order valence-electron chi connectivity index (χ4n) is 4.14. The zero-order valence-electron chi connectivity index (χ0n) is 19.3. The van der Waals surface area contributed by atoms with Crippen molar-refractivity contribution in [2.24, 2.45) is 0 Å². The zero-order chi connectivity index (χ0) is 27.1. The Kier molecular flexibility index (Phi) is 6.40. The summed E-state index contributed by atoms with van der Waals surface area (Å²) in [5.41, 5.74) is -1.12. The number of hydrogen-bond donors (Lipinski definition) is 0. The lowest BCUT2D eigenvalue weighted by atomic mass is 9.91. The number of halogens is 5. The highest BCUT2D eigenvalue weighted by Gasteiger charge is 2.48. The Balaban J connectivity index is 1.65. The van der Waals surface area contributed by atoms with Crippen LogP contribution in [0.25, 0.3) is 44.2 Å². The van der Waals surface area contributed by atoms with Crippen molar-refractivity contribution in [1.82, 2.24) is 0 Å². The summed E-state index contributed by atoms with van der Waals surface area (Å²) in [4.78, 5) is 0. The molecule has 192 valence electrons. The SMILES string of the molecule is O=S(=O)(Oc1ccc2c(-c3cc(-c4ccc(F)cc4)cc(-c4ccc(F)cc4)c3)cccc2c1)C(F)(F)F. The molecule has 0 saturated carbocycles. The van der Waals surface area contributed by atoms with Gasteiger partial charge in [-0.1, -0.05) is 48.5 Å². The third kappa shape index (κ3) is 5.10. The summed E-state index contributed by atoms with van der Waals surface area (Å²) >= 11 is 0. The molecule has 0 heterocycles. The predicted octanol–water partition coefficient (Wildman–Crippen LogP) is 8.35. The summed E-state index contributed by atoms with van der Waals surface area (Å²) in [6.07, 6.45) is 0. The van der Waals surface area contributed by atoms with E-state index in [0.29, 0.717) is 16.3 Å². The lowest BCUT2D eigenvalue weighted by Gasteiger charge is -2.14. The van der Waals surface area contributed by atoms with Crippen molar-refractivity contribution in [3.63, 3.8) is 0 Å². The molecule has 0 atom stereocenters. The van der Waals surface area contributed by atoms with Gasteiger partial charge in [-0.2, -0.15) is 21.6 Å². The van der Waals surface area contributed by atoms with Gasteiger partial charge >= 0.3 is 15.6 Å². The van der Waals surface area contributed by atoms with Gasteiger partial charge in [0, 0.05) is 0 Å². The van der Waals surface area contributed by atoms with Crippen molar-refractivity contribution in [2.45, 2.75) is 5.51 Å². The van der Waals surface area contributed by atoms with Crippen LogP contribution in [0.1, 0.15) is 0 Å². The topological polar surface area (TPSA) is 43.4 Å². The standard InChI is InChI=1S/C29H17F5O3S/c30-24-8-4-18(5-9-24)21-14-22(19-6-10-25(31)11-7-19)16-23(15-21)27-3-1-2-20-17-26(12-13-28(20)27)37-38(35,36)29(32,33)34/h1-17H. The van der Waals surface area contributed by atoms with E-state index in [1.807, 2.05) is 24.3 Å². The highest BCUT2D eigenvalue weighted by atomic mass is 32.2. The molecule has 3 nitrogen and oxygen atoms in total. The van der Waals surface area contributed by atoms with Crippen LogP contribution < -0.4 is 4.18 Å². The van der Waals surface area contributed by atoms with Crippen LogP contribution in [-0.4, -0.2) is 13.9 Å². The molecule has 5 rings (SSSR count). The first-order valence-corrected chi connectivity index (χ1v) is 12.6. The lowest BCUT2D eigenvalue weighted by Crippen LogP contribution is -2.28. The van der Waals surface area contributed by atoms with E-state index < -0.39 is 21.4 Å². The minimum absolute atomic E-state index is 0.386. The molecule has 0 radical (unpaired) electrons. The number of alkyl halides is 3. The zero-order valence-corrected chi connectivity index (χ0v) is 20.2. The van der Waals surface area contributed by atoms with Gasteiger partial charge in [0.05, 0.1) is 0 Å². The Labute approximate surface area is 214 Å². The monoisotopic (exact) mass is 540 g/mol. The summed E-state index contributed by atoms with van der Waals surface area (Å²) < 4.78 is 92.6. The molecule has 0 fully saturated rings. The molecule has 0 aromatic heterocycles. The van der Waals surface area contributed by atoms with Gasteiger partial charge in [0.2, 0.25) is 0 Å². The van der Waals surface area contributed by atoms with Crippen molar-refractivity contribution >= 4 is 20.9 Å². The van der Waals surface area contributed by atoms with Crippen molar-refractivity contribution in [3.8, 4) is 39.1 Å².